The lowest BCUT2D eigenvalue weighted by atomic mass is 10.1. The summed E-state index contributed by atoms with van der Waals surface area (Å²) in [5, 5.41) is 23.0. The Morgan fingerprint density at radius 1 is 1.30 bits per heavy atom. The minimum absolute atomic E-state index is 0.133. The van der Waals surface area contributed by atoms with E-state index in [4.69, 9.17) is 10.2 Å². The molecule has 0 aliphatic rings. The van der Waals surface area contributed by atoms with E-state index in [1.807, 2.05) is 32.0 Å². The Bertz CT molecular complexity index is 488. The van der Waals surface area contributed by atoms with Crippen LogP contribution in [-0.2, 0) is 9.59 Å². The van der Waals surface area contributed by atoms with Gasteiger partial charge in [-0.05, 0) is 31.0 Å². The van der Waals surface area contributed by atoms with Gasteiger partial charge in [-0.25, -0.2) is 0 Å². The fourth-order valence-electron chi connectivity index (χ4n) is 1.74. The topological polar surface area (TPSA) is 98.7 Å². The van der Waals surface area contributed by atoms with Gasteiger partial charge in [0.2, 0.25) is 5.91 Å². The molecule has 6 nitrogen and oxygen atoms in total. The van der Waals surface area contributed by atoms with Gasteiger partial charge >= 0.3 is 5.97 Å². The van der Waals surface area contributed by atoms with Crippen LogP contribution in [-0.4, -0.2) is 41.3 Å². The van der Waals surface area contributed by atoms with Crippen LogP contribution in [0.1, 0.15) is 17.5 Å². The summed E-state index contributed by atoms with van der Waals surface area (Å²) in [7, 11) is 0. The minimum atomic E-state index is -1.12. The number of carbonyl (C=O) groups excluding carboxylic acids is 1. The Morgan fingerprint density at radius 2 is 2.00 bits per heavy atom. The number of carboxylic acid groups (broad SMARTS) is 1. The van der Waals surface area contributed by atoms with Gasteiger partial charge in [0.25, 0.3) is 0 Å². The lowest BCUT2D eigenvalue weighted by Crippen LogP contribution is -2.41. The van der Waals surface area contributed by atoms with E-state index in [1.165, 1.54) is 0 Å². The summed E-state index contributed by atoms with van der Waals surface area (Å²) in [5.41, 5.74) is 2.61. The summed E-state index contributed by atoms with van der Waals surface area (Å²) < 4.78 is 0. The Hall–Kier alpha value is -1.92. The molecule has 6 heteroatoms. The summed E-state index contributed by atoms with van der Waals surface area (Å²) in [6, 6.07) is 4.66. The Morgan fingerprint density at radius 3 is 2.60 bits per heavy atom. The van der Waals surface area contributed by atoms with Crippen LogP contribution >= 0.6 is 0 Å². The third kappa shape index (κ3) is 4.99. The maximum Gasteiger partial charge on any atom is 0.321 e. The highest BCUT2D eigenvalue weighted by atomic mass is 16.4. The van der Waals surface area contributed by atoms with Gasteiger partial charge in [-0.2, -0.15) is 0 Å². The average Bonchev–Trinajstić information content (AvgIpc) is 2.38. The fourth-order valence-corrected chi connectivity index (χ4v) is 1.74. The molecule has 1 aromatic rings. The van der Waals surface area contributed by atoms with E-state index in [-0.39, 0.29) is 25.5 Å². The van der Waals surface area contributed by atoms with Crippen molar-refractivity contribution < 1.29 is 19.8 Å². The van der Waals surface area contributed by atoms with Crippen LogP contribution in [0, 0.1) is 13.8 Å². The van der Waals surface area contributed by atoms with Gasteiger partial charge < -0.3 is 20.8 Å². The van der Waals surface area contributed by atoms with Crippen molar-refractivity contribution in [3.8, 4) is 0 Å². The first-order chi connectivity index (χ1) is 9.43. The van der Waals surface area contributed by atoms with Crippen molar-refractivity contribution in [2.45, 2.75) is 26.3 Å². The van der Waals surface area contributed by atoms with Gasteiger partial charge in [0.15, 0.2) is 0 Å². The van der Waals surface area contributed by atoms with Crippen molar-refractivity contribution in [3.05, 3.63) is 29.3 Å². The van der Waals surface area contributed by atoms with Crippen molar-refractivity contribution in [3.63, 3.8) is 0 Å². The SMILES string of the molecule is Cc1ccc(C)c(NC(=O)CC(NCCO)C(=O)O)c1. The lowest BCUT2D eigenvalue weighted by Gasteiger charge is -2.14. The summed E-state index contributed by atoms with van der Waals surface area (Å²) in [4.78, 5) is 22.9. The van der Waals surface area contributed by atoms with Crippen molar-refractivity contribution in [2.24, 2.45) is 0 Å². The predicted molar refractivity (Wildman–Crippen MR) is 75.7 cm³/mol. The lowest BCUT2D eigenvalue weighted by molar-refractivity contribution is -0.141. The van der Waals surface area contributed by atoms with Gasteiger partial charge in [0.1, 0.15) is 6.04 Å². The van der Waals surface area contributed by atoms with Crippen LogP contribution in [0.25, 0.3) is 0 Å². The number of carbonyl (C=O) groups is 2. The summed E-state index contributed by atoms with van der Waals surface area (Å²) >= 11 is 0. The number of amides is 1. The number of aliphatic hydroxyl groups is 1. The van der Waals surface area contributed by atoms with Gasteiger partial charge in [-0.3, -0.25) is 9.59 Å². The summed E-state index contributed by atoms with van der Waals surface area (Å²) in [5.74, 6) is -1.49. The molecule has 0 fully saturated rings. The Labute approximate surface area is 117 Å². The highest BCUT2D eigenvalue weighted by molar-refractivity contribution is 5.94. The van der Waals surface area contributed by atoms with E-state index in [2.05, 4.69) is 10.6 Å². The van der Waals surface area contributed by atoms with Crippen molar-refractivity contribution in [1.29, 1.82) is 0 Å². The Balaban J connectivity index is 2.65. The zero-order valence-corrected chi connectivity index (χ0v) is 11.6. The van der Waals surface area contributed by atoms with E-state index in [9.17, 15) is 9.59 Å². The molecule has 1 aromatic carbocycles. The predicted octanol–water partition coefficient (Wildman–Crippen LogP) is 0.667. The number of hydrogen-bond donors (Lipinski definition) is 4. The first kappa shape index (κ1) is 16.1. The fraction of sp³-hybridized carbons (Fsp3) is 0.429. The molecule has 1 unspecified atom stereocenters. The number of benzene rings is 1. The van der Waals surface area contributed by atoms with Gasteiger partial charge in [-0.1, -0.05) is 12.1 Å². The monoisotopic (exact) mass is 280 g/mol. The number of aryl methyl sites for hydroxylation is 2. The first-order valence-electron chi connectivity index (χ1n) is 6.38. The molecular weight excluding hydrogens is 260 g/mol. The molecule has 1 rings (SSSR count). The van der Waals surface area contributed by atoms with Gasteiger partial charge in [0.05, 0.1) is 13.0 Å². The molecule has 0 saturated carbocycles. The molecule has 0 aliphatic carbocycles. The van der Waals surface area contributed by atoms with Crippen molar-refractivity contribution in [1.82, 2.24) is 5.32 Å². The molecule has 20 heavy (non-hydrogen) atoms. The first-order valence-corrected chi connectivity index (χ1v) is 6.38. The molecule has 4 N–H and O–H groups in total. The normalized spacial score (nSPS) is 11.9. The quantitative estimate of drug-likeness (QED) is 0.588. The van der Waals surface area contributed by atoms with E-state index >= 15 is 0 Å². The molecule has 110 valence electrons. The Kier molecular flexibility index (Phi) is 6.14. The zero-order valence-electron chi connectivity index (χ0n) is 11.6. The van der Waals surface area contributed by atoms with Gasteiger partial charge in [0, 0.05) is 12.2 Å². The number of anilines is 1. The highest BCUT2D eigenvalue weighted by Gasteiger charge is 2.20. The molecular formula is C14H20N2O4. The second-order valence-electron chi connectivity index (χ2n) is 4.64. The van der Waals surface area contributed by atoms with Crippen LogP contribution in [0.2, 0.25) is 0 Å². The zero-order chi connectivity index (χ0) is 15.1. The van der Waals surface area contributed by atoms with Crippen molar-refractivity contribution >= 4 is 17.6 Å². The van der Waals surface area contributed by atoms with Crippen LogP contribution in [0.5, 0.6) is 0 Å². The number of nitrogens with one attached hydrogen (secondary N) is 2. The molecule has 0 aliphatic heterocycles. The van der Waals surface area contributed by atoms with Gasteiger partial charge in [-0.15, -0.1) is 0 Å². The summed E-state index contributed by atoms with van der Waals surface area (Å²) in [6.45, 7) is 3.74. The standard InChI is InChI=1S/C14H20N2O4/c1-9-3-4-10(2)11(7-9)16-13(18)8-12(14(19)20)15-5-6-17/h3-4,7,12,15,17H,5-6,8H2,1-2H3,(H,16,18)(H,19,20). The minimum Gasteiger partial charge on any atom is -0.480 e. The number of aliphatic hydroxyl groups excluding tert-OH is 1. The average molecular weight is 280 g/mol. The molecule has 0 heterocycles. The van der Waals surface area contributed by atoms with E-state index in [1.54, 1.807) is 0 Å². The van der Waals surface area contributed by atoms with Crippen LogP contribution in [0.4, 0.5) is 5.69 Å². The van der Waals surface area contributed by atoms with Crippen LogP contribution in [0.15, 0.2) is 18.2 Å². The van der Waals surface area contributed by atoms with Crippen LogP contribution in [0.3, 0.4) is 0 Å². The maximum atomic E-state index is 11.9. The largest absolute Gasteiger partial charge is 0.480 e. The summed E-state index contributed by atoms with van der Waals surface area (Å²) in [6.07, 6.45) is -0.192. The van der Waals surface area contributed by atoms with E-state index < -0.39 is 12.0 Å². The molecule has 0 saturated heterocycles. The maximum absolute atomic E-state index is 11.9. The highest BCUT2D eigenvalue weighted by Crippen LogP contribution is 2.16. The van der Waals surface area contributed by atoms with Crippen LogP contribution < -0.4 is 10.6 Å². The number of carboxylic acids is 1. The molecule has 1 amide bonds. The number of hydrogen-bond acceptors (Lipinski definition) is 4. The molecule has 0 bridgehead atoms. The molecule has 0 spiro atoms. The second kappa shape index (κ2) is 7.62. The second-order valence-corrected chi connectivity index (χ2v) is 4.64. The third-order valence-electron chi connectivity index (χ3n) is 2.86. The molecule has 1 atom stereocenters. The smallest absolute Gasteiger partial charge is 0.321 e. The number of rotatable bonds is 7. The van der Waals surface area contributed by atoms with Crippen molar-refractivity contribution in [2.75, 3.05) is 18.5 Å². The molecule has 0 aromatic heterocycles. The molecule has 0 radical (unpaired) electrons. The van der Waals surface area contributed by atoms with E-state index in [0.29, 0.717) is 5.69 Å². The number of aliphatic carboxylic acids is 1. The third-order valence-corrected chi connectivity index (χ3v) is 2.86. The van der Waals surface area contributed by atoms with E-state index in [0.717, 1.165) is 11.1 Å².